The minimum absolute atomic E-state index is 0.211. The SMILES string of the molecule is Cc1ccc(C#CC(c2ccccc2)N2CCCCC2)cc1. The van der Waals surface area contributed by atoms with E-state index in [0.29, 0.717) is 0 Å². The topological polar surface area (TPSA) is 3.24 Å². The summed E-state index contributed by atoms with van der Waals surface area (Å²) in [6, 6.07) is 19.4. The van der Waals surface area contributed by atoms with Crippen molar-refractivity contribution in [2.45, 2.75) is 32.2 Å². The van der Waals surface area contributed by atoms with Crippen LogP contribution in [0.3, 0.4) is 0 Å². The third-order valence-electron chi connectivity index (χ3n) is 4.28. The van der Waals surface area contributed by atoms with Crippen molar-refractivity contribution in [3.05, 3.63) is 71.3 Å². The minimum atomic E-state index is 0.211. The van der Waals surface area contributed by atoms with Crippen LogP contribution in [0, 0.1) is 18.8 Å². The molecule has 2 aromatic carbocycles. The molecule has 112 valence electrons. The van der Waals surface area contributed by atoms with Gasteiger partial charge < -0.3 is 0 Å². The second-order valence-corrected chi connectivity index (χ2v) is 6.05. The Balaban J connectivity index is 1.87. The standard InChI is InChI=1S/C21H23N/c1-18-10-12-19(13-11-18)14-15-21(20-8-4-2-5-9-20)22-16-6-3-7-17-22/h2,4-5,8-13,21H,3,6-7,16-17H2,1H3. The molecule has 22 heavy (non-hydrogen) atoms. The summed E-state index contributed by atoms with van der Waals surface area (Å²) in [5, 5.41) is 0. The molecule has 1 aliphatic rings. The Labute approximate surface area is 134 Å². The van der Waals surface area contributed by atoms with Crippen LogP contribution in [0.2, 0.25) is 0 Å². The van der Waals surface area contributed by atoms with E-state index >= 15 is 0 Å². The lowest BCUT2D eigenvalue weighted by atomic mass is 10.0. The van der Waals surface area contributed by atoms with Crippen LogP contribution in [-0.2, 0) is 0 Å². The van der Waals surface area contributed by atoms with Crippen LogP contribution in [0.4, 0.5) is 0 Å². The predicted octanol–water partition coefficient (Wildman–Crippen LogP) is 4.57. The van der Waals surface area contributed by atoms with Crippen molar-refractivity contribution in [1.29, 1.82) is 0 Å². The zero-order valence-electron chi connectivity index (χ0n) is 13.3. The van der Waals surface area contributed by atoms with E-state index in [-0.39, 0.29) is 6.04 Å². The number of likely N-dealkylation sites (tertiary alicyclic amines) is 1. The van der Waals surface area contributed by atoms with Gasteiger partial charge in [0.05, 0.1) is 6.04 Å². The summed E-state index contributed by atoms with van der Waals surface area (Å²) in [6.07, 6.45) is 3.93. The molecule has 1 saturated heterocycles. The van der Waals surface area contributed by atoms with Gasteiger partial charge in [0.25, 0.3) is 0 Å². The molecule has 1 aliphatic heterocycles. The van der Waals surface area contributed by atoms with Crippen LogP contribution < -0.4 is 0 Å². The summed E-state index contributed by atoms with van der Waals surface area (Å²) in [7, 11) is 0. The number of nitrogens with zero attached hydrogens (tertiary/aromatic N) is 1. The number of hydrogen-bond donors (Lipinski definition) is 0. The molecule has 0 aromatic heterocycles. The van der Waals surface area contributed by atoms with Gasteiger partial charge in [0, 0.05) is 5.56 Å². The first-order valence-electron chi connectivity index (χ1n) is 8.20. The highest BCUT2D eigenvalue weighted by Crippen LogP contribution is 2.24. The maximum Gasteiger partial charge on any atom is 0.0974 e. The van der Waals surface area contributed by atoms with Gasteiger partial charge in [-0.2, -0.15) is 0 Å². The second kappa shape index (κ2) is 7.29. The lowest BCUT2D eigenvalue weighted by Gasteiger charge is -2.31. The third-order valence-corrected chi connectivity index (χ3v) is 4.28. The summed E-state index contributed by atoms with van der Waals surface area (Å²) < 4.78 is 0. The molecule has 0 amide bonds. The number of hydrogen-bond acceptors (Lipinski definition) is 1. The first kappa shape index (κ1) is 14.9. The maximum absolute atomic E-state index is 3.52. The summed E-state index contributed by atoms with van der Waals surface area (Å²) in [5.74, 6) is 6.89. The van der Waals surface area contributed by atoms with Gasteiger partial charge in [-0.15, -0.1) is 0 Å². The lowest BCUT2D eigenvalue weighted by Crippen LogP contribution is -2.33. The summed E-state index contributed by atoms with van der Waals surface area (Å²) >= 11 is 0. The van der Waals surface area contributed by atoms with Gasteiger partial charge in [0.15, 0.2) is 0 Å². The first-order chi connectivity index (χ1) is 10.8. The Morgan fingerprint density at radius 1 is 0.864 bits per heavy atom. The van der Waals surface area contributed by atoms with Gasteiger partial charge in [0.2, 0.25) is 0 Å². The van der Waals surface area contributed by atoms with E-state index in [2.05, 4.69) is 78.3 Å². The molecule has 1 fully saturated rings. The Hall–Kier alpha value is -2.04. The Bertz CT molecular complexity index is 640. The molecule has 0 N–H and O–H groups in total. The summed E-state index contributed by atoms with van der Waals surface area (Å²) in [6.45, 7) is 4.42. The van der Waals surface area contributed by atoms with Crippen LogP contribution in [0.1, 0.15) is 42.0 Å². The van der Waals surface area contributed by atoms with Crippen LogP contribution in [0.5, 0.6) is 0 Å². The number of piperidine rings is 1. The second-order valence-electron chi connectivity index (χ2n) is 6.05. The van der Waals surface area contributed by atoms with Crippen molar-refractivity contribution < 1.29 is 0 Å². The van der Waals surface area contributed by atoms with Gasteiger partial charge in [-0.3, -0.25) is 4.90 Å². The molecule has 0 aliphatic carbocycles. The largest absolute Gasteiger partial charge is 0.286 e. The van der Waals surface area contributed by atoms with Gasteiger partial charge >= 0.3 is 0 Å². The smallest absolute Gasteiger partial charge is 0.0974 e. The summed E-state index contributed by atoms with van der Waals surface area (Å²) in [4.78, 5) is 2.53. The van der Waals surface area contributed by atoms with Crippen LogP contribution in [0.25, 0.3) is 0 Å². The fraction of sp³-hybridized carbons (Fsp3) is 0.333. The van der Waals surface area contributed by atoms with Crippen LogP contribution in [-0.4, -0.2) is 18.0 Å². The van der Waals surface area contributed by atoms with E-state index < -0.39 is 0 Å². The quantitative estimate of drug-likeness (QED) is 0.732. The Morgan fingerprint density at radius 2 is 1.55 bits per heavy atom. The molecule has 0 bridgehead atoms. The highest BCUT2D eigenvalue weighted by molar-refractivity contribution is 5.39. The average molecular weight is 289 g/mol. The van der Waals surface area contributed by atoms with E-state index in [0.717, 1.165) is 18.7 Å². The molecule has 0 saturated carbocycles. The Morgan fingerprint density at radius 3 is 2.23 bits per heavy atom. The van der Waals surface area contributed by atoms with Gasteiger partial charge in [0.1, 0.15) is 0 Å². The number of aryl methyl sites for hydroxylation is 1. The molecular weight excluding hydrogens is 266 g/mol. The van der Waals surface area contributed by atoms with E-state index in [1.54, 1.807) is 0 Å². The van der Waals surface area contributed by atoms with Crippen molar-refractivity contribution in [2.24, 2.45) is 0 Å². The molecule has 1 atom stereocenters. The highest BCUT2D eigenvalue weighted by atomic mass is 15.2. The van der Waals surface area contributed by atoms with E-state index in [1.807, 2.05) is 0 Å². The molecule has 0 radical (unpaired) electrons. The zero-order chi connectivity index (χ0) is 15.2. The van der Waals surface area contributed by atoms with Crippen LogP contribution >= 0.6 is 0 Å². The van der Waals surface area contributed by atoms with Crippen molar-refractivity contribution in [3.8, 4) is 11.8 Å². The first-order valence-corrected chi connectivity index (χ1v) is 8.20. The zero-order valence-corrected chi connectivity index (χ0v) is 13.3. The molecule has 3 rings (SSSR count). The van der Waals surface area contributed by atoms with E-state index in [9.17, 15) is 0 Å². The Kier molecular flexibility index (Phi) is 4.93. The lowest BCUT2D eigenvalue weighted by molar-refractivity contribution is 0.197. The third kappa shape index (κ3) is 3.78. The molecule has 1 nitrogen and oxygen atoms in total. The normalized spacial score (nSPS) is 16.6. The monoisotopic (exact) mass is 289 g/mol. The number of rotatable bonds is 2. The fourth-order valence-corrected chi connectivity index (χ4v) is 2.99. The molecule has 1 heterocycles. The minimum Gasteiger partial charge on any atom is -0.286 e. The van der Waals surface area contributed by atoms with Gasteiger partial charge in [-0.1, -0.05) is 66.3 Å². The fourth-order valence-electron chi connectivity index (χ4n) is 2.99. The molecule has 1 heteroatoms. The molecule has 0 spiro atoms. The molecule has 1 unspecified atom stereocenters. The van der Waals surface area contributed by atoms with Crippen molar-refractivity contribution in [2.75, 3.05) is 13.1 Å². The number of benzene rings is 2. The van der Waals surface area contributed by atoms with Gasteiger partial charge in [-0.25, -0.2) is 0 Å². The van der Waals surface area contributed by atoms with E-state index in [4.69, 9.17) is 0 Å². The average Bonchev–Trinajstić information content (AvgIpc) is 2.59. The predicted molar refractivity (Wildman–Crippen MR) is 92.7 cm³/mol. The van der Waals surface area contributed by atoms with Crippen molar-refractivity contribution in [3.63, 3.8) is 0 Å². The molecule has 2 aromatic rings. The maximum atomic E-state index is 3.52. The van der Waals surface area contributed by atoms with Crippen molar-refractivity contribution in [1.82, 2.24) is 4.90 Å². The van der Waals surface area contributed by atoms with E-state index in [1.165, 1.54) is 30.4 Å². The van der Waals surface area contributed by atoms with Crippen molar-refractivity contribution >= 4 is 0 Å². The van der Waals surface area contributed by atoms with Crippen LogP contribution in [0.15, 0.2) is 54.6 Å². The highest BCUT2D eigenvalue weighted by Gasteiger charge is 2.20. The van der Waals surface area contributed by atoms with Gasteiger partial charge in [-0.05, 0) is 50.6 Å². The molecular formula is C21H23N. The summed E-state index contributed by atoms with van der Waals surface area (Å²) in [5.41, 5.74) is 3.69.